The van der Waals surface area contributed by atoms with Crippen LogP contribution in [0.2, 0.25) is 0 Å². The molecule has 2 saturated carbocycles. The van der Waals surface area contributed by atoms with Gasteiger partial charge in [0.1, 0.15) is 5.78 Å². The fraction of sp³-hybridized carbons (Fsp3) is 0.562. The zero-order valence-electron chi connectivity index (χ0n) is 11.0. The highest BCUT2D eigenvalue weighted by atomic mass is 16.1. The number of Topliss-reactive ketones (excluding diaryl/α,β-unsaturated/α-hetero) is 1. The van der Waals surface area contributed by atoms with Gasteiger partial charge in [-0.05, 0) is 42.9 Å². The average molecular weight is 254 g/mol. The van der Waals surface area contributed by atoms with Gasteiger partial charge in [-0.1, -0.05) is 12.8 Å². The average Bonchev–Trinajstić information content (AvgIpc) is 2.88. The lowest BCUT2D eigenvalue weighted by atomic mass is 9.96. The van der Waals surface area contributed by atoms with Crippen molar-refractivity contribution in [3.63, 3.8) is 0 Å². The van der Waals surface area contributed by atoms with Crippen LogP contribution in [0.4, 0.5) is 0 Å². The number of nitrogens with zero attached hydrogens (tertiary/aromatic N) is 2. The molecule has 2 aliphatic rings. The first kappa shape index (κ1) is 12.3. The number of aromatic nitrogens is 1. The van der Waals surface area contributed by atoms with Crippen LogP contribution in [0, 0.1) is 35.0 Å². The van der Waals surface area contributed by atoms with Crippen LogP contribution in [0.15, 0.2) is 24.5 Å². The maximum atomic E-state index is 12.4. The molecule has 1 aromatic heterocycles. The molecule has 19 heavy (non-hydrogen) atoms. The lowest BCUT2D eigenvalue weighted by molar-refractivity contribution is -0.124. The summed E-state index contributed by atoms with van der Waals surface area (Å²) >= 11 is 0. The number of pyridine rings is 1. The second-order valence-electron chi connectivity index (χ2n) is 5.79. The van der Waals surface area contributed by atoms with Gasteiger partial charge in [0, 0.05) is 24.2 Å². The molecule has 3 heteroatoms. The summed E-state index contributed by atoms with van der Waals surface area (Å²) in [5, 5.41) is 9.20. The molecule has 3 nitrogen and oxygen atoms in total. The van der Waals surface area contributed by atoms with E-state index in [1.807, 2.05) is 12.1 Å². The molecule has 0 aliphatic heterocycles. The molecule has 0 N–H and O–H groups in total. The van der Waals surface area contributed by atoms with Crippen molar-refractivity contribution in [2.75, 3.05) is 0 Å². The third-order valence-corrected chi connectivity index (χ3v) is 4.62. The smallest absolute Gasteiger partial charge is 0.140 e. The number of rotatable bonds is 4. The maximum Gasteiger partial charge on any atom is 0.140 e. The molecule has 3 rings (SSSR count). The second-order valence-corrected chi connectivity index (χ2v) is 5.79. The number of carbonyl (C=O) groups is 1. The van der Waals surface area contributed by atoms with Gasteiger partial charge in [-0.2, -0.15) is 5.26 Å². The molecule has 3 atom stereocenters. The number of ketones is 1. The van der Waals surface area contributed by atoms with E-state index in [9.17, 15) is 10.1 Å². The van der Waals surface area contributed by atoms with Gasteiger partial charge in [-0.3, -0.25) is 9.78 Å². The minimum atomic E-state index is -0.0544. The Kier molecular flexibility index (Phi) is 3.33. The van der Waals surface area contributed by atoms with E-state index in [1.165, 1.54) is 18.4 Å². The van der Waals surface area contributed by atoms with E-state index in [2.05, 4.69) is 11.1 Å². The molecule has 1 heterocycles. The molecule has 1 aromatic rings. The molecule has 0 bridgehead atoms. The SMILES string of the molecule is N#CC1C(Cc2ccncc2)C1C(=O)C1CCCC1. The molecule has 0 radical (unpaired) electrons. The van der Waals surface area contributed by atoms with Crippen molar-refractivity contribution in [2.45, 2.75) is 32.1 Å². The van der Waals surface area contributed by atoms with Crippen molar-refractivity contribution in [3.05, 3.63) is 30.1 Å². The van der Waals surface area contributed by atoms with Crippen molar-refractivity contribution in [1.29, 1.82) is 5.26 Å². The third kappa shape index (κ3) is 2.40. The predicted molar refractivity (Wildman–Crippen MR) is 71.0 cm³/mol. The fourth-order valence-corrected chi connectivity index (χ4v) is 3.47. The molecule has 0 spiro atoms. The Morgan fingerprint density at radius 2 is 2.00 bits per heavy atom. The zero-order chi connectivity index (χ0) is 13.2. The summed E-state index contributed by atoms with van der Waals surface area (Å²) in [5.41, 5.74) is 1.18. The summed E-state index contributed by atoms with van der Waals surface area (Å²) in [5.74, 6) is 0.787. The highest BCUT2D eigenvalue weighted by Gasteiger charge is 2.55. The van der Waals surface area contributed by atoms with Crippen LogP contribution >= 0.6 is 0 Å². The Bertz CT molecular complexity index is 499. The first-order valence-corrected chi connectivity index (χ1v) is 7.13. The summed E-state index contributed by atoms with van der Waals surface area (Å²) in [7, 11) is 0. The van der Waals surface area contributed by atoms with Crippen LogP contribution in [0.3, 0.4) is 0 Å². The largest absolute Gasteiger partial charge is 0.299 e. The highest BCUT2D eigenvalue weighted by Crippen LogP contribution is 2.51. The molecular formula is C16H18N2O. The van der Waals surface area contributed by atoms with Gasteiger partial charge in [0.25, 0.3) is 0 Å². The minimum absolute atomic E-state index is 0.00117. The number of carbonyl (C=O) groups excluding carboxylic acids is 1. The molecular weight excluding hydrogens is 236 g/mol. The molecule has 0 amide bonds. The predicted octanol–water partition coefficient (Wildman–Crippen LogP) is 2.77. The summed E-state index contributed by atoms with van der Waals surface area (Å²) < 4.78 is 0. The van der Waals surface area contributed by atoms with Gasteiger partial charge >= 0.3 is 0 Å². The topological polar surface area (TPSA) is 53.8 Å². The lowest BCUT2D eigenvalue weighted by Crippen LogP contribution is -2.14. The molecule has 3 unspecified atom stereocenters. The van der Waals surface area contributed by atoms with E-state index in [0.717, 1.165) is 19.3 Å². The van der Waals surface area contributed by atoms with E-state index < -0.39 is 0 Å². The van der Waals surface area contributed by atoms with E-state index >= 15 is 0 Å². The van der Waals surface area contributed by atoms with Gasteiger partial charge in [-0.15, -0.1) is 0 Å². The van der Waals surface area contributed by atoms with Crippen molar-refractivity contribution >= 4 is 5.78 Å². The highest BCUT2D eigenvalue weighted by molar-refractivity contribution is 5.87. The van der Waals surface area contributed by atoms with Crippen LogP contribution in [-0.4, -0.2) is 10.8 Å². The number of nitriles is 1. The van der Waals surface area contributed by atoms with Crippen LogP contribution < -0.4 is 0 Å². The van der Waals surface area contributed by atoms with Crippen molar-refractivity contribution in [3.8, 4) is 6.07 Å². The Morgan fingerprint density at radius 1 is 1.32 bits per heavy atom. The molecule has 0 saturated heterocycles. The summed E-state index contributed by atoms with van der Waals surface area (Å²) in [4.78, 5) is 16.4. The van der Waals surface area contributed by atoms with Crippen LogP contribution in [-0.2, 0) is 11.2 Å². The summed E-state index contributed by atoms with van der Waals surface area (Å²) in [6, 6.07) is 6.28. The molecule has 2 fully saturated rings. The van der Waals surface area contributed by atoms with Gasteiger partial charge in [0.15, 0.2) is 0 Å². The molecule has 0 aromatic carbocycles. The van der Waals surface area contributed by atoms with Gasteiger partial charge < -0.3 is 0 Å². The number of hydrogen-bond acceptors (Lipinski definition) is 3. The van der Waals surface area contributed by atoms with E-state index in [-0.39, 0.29) is 23.7 Å². The monoisotopic (exact) mass is 254 g/mol. The Labute approximate surface area is 113 Å². The van der Waals surface area contributed by atoms with E-state index in [4.69, 9.17) is 0 Å². The first-order chi connectivity index (χ1) is 9.31. The summed E-state index contributed by atoms with van der Waals surface area (Å²) in [6.07, 6.45) is 8.80. The van der Waals surface area contributed by atoms with Crippen LogP contribution in [0.1, 0.15) is 31.2 Å². The zero-order valence-corrected chi connectivity index (χ0v) is 11.0. The molecule has 98 valence electrons. The van der Waals surface area contributed by atoms with Crippen molar-refractivity contribution in [2.24, 2.45) is 23.7 Å². The van der Waals surface area contributed by atoms with Crippen LogP contribution in [0.5, 0.6) is 0 Å². The van der Waals surface area contributed by atoms with Crippen molar-refractivity contribution < 1.29 is 4.79 Å². The Morgan fingerprint density at radius 3 is 2.63 bits per heavy atom. The van der Waals surface area contributed by atoms with Crippen molar-refractivity contribution in [1.82, 2.24) is 4.98 Å². The number of hydrogen-bond donors (Lipinski definition) is 0. The van der Waals surface area contributed by atoms with Gasteiger partial charge in [-0.25, -0.2) is 0 Å². The maximum absolute atomic E-state index is 12.4. The van der Waals surface area contributed by atoms with Gasteiger partial charge in [0.05, 0.1) is 12.0 Å². The lowest BCUT2D eigenvalue weighted by Gasteiger charge is -2.06. The quantitative estimate of drug-likeness (QED) is 0.830. The van der Waals surface area contributed by atoms with Crippen LogP contribution in [0.25, 0.3) is 0 Å². The Balaban J connectivity index is 1.66. The Hall–Kier alpha value is -1.69. The van der Waals surface area contributed by atoms with E-state index in [1.54, 1.807) is 12.4 Å². The fourth-order valence-electron chi connectivity index (χ4n) is 3.47. The van der Waals surface area contributed by atoms with Gasteiger partial charge in [0.2, 0.25) is 0 Å². The summed E-state index contributed by atoms with van der Waals surface area (Å²) in [6.45, 7) is 0. The minimum Gasteiger partial charge on any atom is -0.299 e. The standard InChI is InChI=1S/C16H18N2O/c17-10-14-13(9-11-5-7-18-8-6-11)15(14)16(19)12-3-1-2-4-12/h5-8,12-15H,1-4,9H2. The first-order valence-electron chi connectivity index (χ1n) is 7.13. The molecule has 2 aliphatic carbocycles. The normalized spacial score (nSPS) is 29.9. The second kappa shape index (κ2) is 5.13. The van der Waals surface area contributed by atoms with E-state index in [0.29, 0.717) is 5.78 Å². The third-order valence-electron chi connectivity index (χ3n) is 4.62.